The first-order valence-electron chi connectivity index (χ1n) is 10.1. The van der Waals surface area contributed by atoms with Crippen molar-refractivity contribution in [2.75, 3.05) is 0 Å². The van der Waals surface area contributed by atoms with E-state index in [-0.39, 0.29) is 0 Å². The van der Waals surface area contributed by atoms with Crippen molar-refractivity contribution in [1.29, 1.82) is 0 Å². The minimum atomic E-state index is -1.95. The fraction of sp³-hybridized carbons (Fsp3) is 0.542. The van der Waals surface area contributed by atoms with Crippen molar-refractivity contribution in [3.8, 4) is 11.3 Å². The van der Waals surface area contributed by atoms with Crippen molar-refractivity contribution in [1.82, 2.24) is 0 Å². The number of aromatic nitrogens is 1. The molecule has 26 heavy (non-hydrogen) atoms. The Kier molecular flexibility index (Phi) is 6.77. The second-order valence-electron chi connectivity index (χ2n) is 9.80. The first-order chi connectivity index (χ1) is 12.0. The molecule has 0 unspecified atom stereocenters. The summed E-state index contributed by atoms with van der Waals surface area (Å²) in [7, 11) is 2.22. The summed E-state index contributed by atoms with van der Waals surface area (Å²) in [5.74, 6) is 8.94. The Morgan fingerprint density at radius 1 is 0.923 bits per heavy atom. The molecule has 0 bridgehead atoms. The first-order valence-corrected chi connectivity index (χ1v) is 17.5. The molecule has 2 aromatic rings. The van der Waals surface area contributed by atoms with Crippen molar-refractivity contribution in [3.63, 3.8) is 0 Å². The number of pyridine rings is 1. The molecule has 2 heteroatoms. The van der Waals surface area contributed by atoms with Gasteiger partial charge in [0.1, 0.15) is 0 Å². The Hall–Kier alpha value is -1.09. The Morgan fingerprint density at radius 3 is 2.08 bits per heavy atom. The van der Waals surface area contributed by atoms with Gasteiger partial charge in [0.05, 0.1) is 0 Å². The quantitative estimate of drug-likeness (QED) is 0.440. The molecule has 0 aliphatic heterocycles. The third-order valence-electron chi connectivity index (χ3n) is 5.01. The maximum atomic E-state index is 2.53. The molecule has 142 valence electrons. The van der Waals surface area contributed by atoms with Crippen molar-refractivity contribution in [2.45, 2.75) is 64.7 Å². The van der Waals surface area contributed by atoms with Gasteiger partial charge in [-0.1, -0.05) is 0 Å². The molecule has 0 aliphatic carbocycles. The van der Waals surface area contributed by atoms with Crippen LogP contribution < -0.4 is 8.96 Å². The van der Waals surface area contributed by atoms with Gasteiger partial charge in [-0.3, -0.25) is 0 Å². The summed E-state index contributed by atoms with van der Waals surface area (Å²) < 4.78 is 4.02. The van der Waals surface area contributed by atoms with Crippen molar-refractivity contribution < 1.29 is 4.57 Å². The summed E-state index contributed by atoms with van der Waals surface area (Å²) in [5.41, 5.74) is 7.16. The summed E-state index contributed by atoms with van der Waals surface area (Å²) in [6.45, 7) is 11.5. The predicted octanol–water partition coefficient (Wildman–Crippen LogP) is 5.43. The molecule has 0 saturated heterocycles. The van der Waals surface area contributed by atoms with Crippen LogP contribution in [0.3, 0.4) is 0 Å². The zero-order valence-electron chi connectivity index (χ0n) is 18.4. The molecule has 0 fully saturated rings. The third-order valence-corrected chi connectivity index (χ3v) is 9.38. The summed E-state index contributed by atoms with van der Waals surface area (Å²) in [6.07, 6.45) is 4.74. The van der Waals surface area contributed by atoms with Gasteiger partial charge in [-0.15, -0.1) is 0 Å². The van der Waals surface area contributed by atoms with Gasteiger partial charge in [-0.25, -0.2) is 0 Å². The van der Waals surface area contributed by atoms with E-state index in [1.54, 1.807) is 9.96 Å². The van der Waals surface area contributed by atoms with E-state index >= 15 is 0 Å². The van der Waals surface area contributed by atoms with Crippen LogP contribution in [0.15, 0.2) is 30.5 Å². The Labute approximate surface area is 164 Å². The normalized spacial score (nSPS) is 12.3. The summed E-state index contributed by atoms with van der Waals surface area (Å²) >= 11 is -1.95. The number of hydrogen-bond donors (Lipinski definition) is 0. The standard InChI is InChI=1S/C24H38GeN/c1-17(2)12-20-11-10-19(5)22(14-20)24-15-23(25(6,7)8)21(13-18(3)4)16-26(24)9/h10-11,14-18H,12-13H2,1-9H3/q+1. The molecule has 0 spiro atoms. The molecule has 0 N–H and O–H groups in total. The molecule has 0 aliphatic rings. The SMILES string of the molecule is Cc1ccc(CC(C)C)cc1-c1c[c]([Ge]([CH3])([CH3])[CH3])c(CC(C)C)c[n+]1C. The van der Waals surface area contributed by atoms with Crippen LogP contribution in [0.25, 0.3) is 11.3 Å². The average Bonchev–Trinajstić information content (AvgIpc) is 2.47. The number of hydrogen-bond acceptors (Lipinski definition) is 0. The van der Waals surface area contributed by atoms with Gasteiger partial charge in [-0.05, 0) is 0 Å². The first kappa shape index (κ1) is 21.2. The molecule has 2 rings (SSSR count). The van der Waals surface area contributed by atoms with E-state index in [2.05, 4.69) is 94.0 Å². The Bertz CT molecular complexity index is 767. The molecule has 0 atom stereocenters. The van der Waals surface area contributed by atoms with Gasteiger partial charge in [-0.2, -0.15) is 0 Å². The molecular formula is C24H38GeN+. The van der Waals surface area contributed by atoms with Crippen molar-refractivity contribution in [3.05, 3.63) is 47.2 Å². The van der Waals surface area contributed by atoms with Crippen LogP contribution in [-0.2, 0) is 19.9 Å². The fourth-order valence-corrected chi connectivity index (χ4v) is 7.38. The molecular weight excluding hydrogens is 375 g/mol. The predicted molar refractivity (Wildman–Crippen MR) is 118 cm³/mol. The van der Waals surface area contributed by atoms with E-state index in [1.807, 2.05) is 0 Å². The van der Waals surface area contributed by atoms with Gasteiger partial charge < -0.3 is 0 Å². The third kappa shape index (κ3) is 5.22. The minimum absolute atomic E-state index is 0.688. The zero-order chi connectivity index (χ0) is 19.6. The molecule has 0 radical (unpaired) electrons. The number of rotatable bonds is 6. The average molecular weight is 413 g/mol. The van der Waals surface area contributed by atoms with Crippen LogP contribution in [0.4, 0.5) is 0 Å². The van der Waals surface area contributed by atoms with E-state index in [4.69, 9.17) is 0 Å². The van der Waals surface area contributed by atoms with Crippen LogP contribution in [0.2, 0.25) is 17.3 Å². The van der Waals surface area contributed by atoms with Gasteiger partial charge >= 0.3 is 164 Å². The Balaban J connectivity index is 2.63. The molecule has 1 aromatic heterocycles. The van der Waals surface area contributed by atoms with Gasteiger partial charge in [0.2, 0.25) is 0 Å². The molecule has 1 nitrogen and oxygen atoms in total. The number of aryl methyl sites for hydroxylation is 2. The molecule has 1 heterocycles. The molecule has 0 amide bonds. The summed E-state index contributed by atoms with van der Waals surface area (Å²) in [5, 5.41) is 0. The van der Waals surface area contributed by atoms with Crippen LogP contribution in [-0.4, -0.2) is 13.3 Å². The topological polar surface area (TPSA) is 3.88 Å². The van der Waals surface area contributed by atoms with Crippen LogP contribution in [0.5, 0.6) is 0 Å². The van der Waals surface area contributed by atoms with Crippen LogP contribution in [0.1, 0.15) is 44.4 Å². The zero-order valence-corrected chi connectivity index (χ0v) is 20.5. The van der Waals surface area contributed by atoms with Gasteiger partial charge in [0.15, 0.2) is 0 Å². The molecule has 1 aromatic carbocycles. The van der Waals surface area contributed by atoms with E-state index in [0.29, 0.717) is 11.8 Å². The second kappa shape index (κ2) is 8.29. The van der Waals surface area contributed by atoms with E-state index in [9.17, 15) is 0 Å². The van der Waals surface area contributed by atoms with E-state index < -0.39 is 13.3 Å². The number of benzene rings is 1. The van der Waals surface area contributed by atoms with Gasteiger partial charge in [0, 0.05) is 0 Å². The van der Waals surface area contributed by atoms with Gasteiger partial charge in [0.25, 0.3) is 0 Å². The van der Waals surface area contributed by atoms with Crippen molar-refractivity contribution >= 4 is 17.7 Å². The van der Waals surface area contributed by atoms with Crippen LogP contribution in [0, 0.1) is 18.8 Å². The maximum absolute atomic E-state index is 2.53. The Morgan fingerprint density at radius 2 is 1.54 bits per heavy atom. The van der Waals surface area contributed by atoms with E-state index in [0.717, 1.165) is 6.42 Å². The summed E-state index contributed by atoms with van der Waals surface area (Å²) in [6, 6.07) is 9.55. The monoisotopic (exact) mass is 414 g/mol. The fourth-order valence-electron chi connectivity index (χ4n) is 3.82. The second-order valence-corrected chi connectivity index (χ2v) is 20.4. The van der Waals surface area contributed by atoms with Crippen molar-refractivity contribution in [2.24, 2.45) is 18.9 Å². The van der Waals surface area contributed by atoms with Crippen LogP contribution >= 0.6 is 0 Å². The molecule has 0 saturated carbocycles. The summed E-state index contributed by atoms with van der Waals surface area (Å²) in [4.78, 5) is 0. The number of nitrogens with zero attached hydrogens (tertiary/aromatic N) is 1. The van der Waals surface area contributed by atoms with E-state index in [1.165, 1.54) is 28.8 Å².